The molecule has 3 aliphatic carbocycles. The molecule has 10 heteroatoms. The molecule has 1 unspecified atom stereocenters. The maximum absolute atomic E-state index is 13.0. The number of halogens is 6. The number of nitrogens with one attached hydrogen (secondary N) is 1. The van der Waals surface area contributed by atoms with E-state index in [-0.39, 0.29) is 5.41 Å². The molecule has 4 nitrogen and oxygen atoms in total. The second kappa shape index (κ2) is 7.09. The van der Waals surface area contributed by atoms with Crippen molar-refractivity contribution in [2.75, 3.05) is 13.1 Å². The monoisotopic (exact) mass is 404 g/mol. The van der Waals surface area contributed by atoms with E-state index in [0.717, 1.165) is 19.5 Å². The van der Waals surface area contributed by atoms with Gasteiger partial charge < -0.3 is 10.4 Å². The lowest BCUT2D eigenvalue weighted by atomic mass is 9.32. The van der Waals surface area contributed by atoms with Crippen LogP contribution in [0.4, 0.5) is 26.3 Å². The zero-order chi connectivity index (χ0) is 20.8. The quantitative estimate of drug-likeness (QED) is 0.703. The summed E-state index contributed by atoms with van der Waals surface area (Å²) in [6, 6.07) is 1.18. The highest BCUT2D eigenvalue weighted by molar-refractivity contribution is 5.73. The van der Waals surface area contributed by atoms with Crippen LogP contribution < -0.4 is 5.32 Å². The summed E-state index contributed by atoms with van der Waals surface area (Å²) in [6.45, 7) is 8.38. The summed E-state index contributed by atoms with van der Waals surface area (Å²) < 4.78 is 70.8. The molecule has 0 aromatic rings. The molecule has 1 heterocycles. The smallest absolute Gasteiger partial charge is 0.475 e. The molecule has 4 fully saturated rings. The third kappa shape index (κ3) is 4.06. The molecule has 4 rings (SSSR count). The number of alkyl halides is 6. The summed E-state index contributed by atoms with van der Waals surface area (Å²) in [4.78, 5) is 11.4. The summed E-state index contributed by atoms with van der Waals surface area (Å²) in [7, 11) is 0. The Morgan fingerprint density at radius 1 is 1.19 bits per heavy atom. The molecule has 3 saturated carbocycles. The van der Waals surface area contributed by atoms with Gasteiger partial charge in [0.15, 0.2) is 0 Å². The Morgan fingerprint density at radius 2 is 1.67 bits per heavy atom. The van der Waals surface area contributed by atoms with Gasteiger partial charge >= 0.3 is 18.3 Å². The van der Waals surface area contributed by atoms with Crippen LogP contribution in [-0.2, 0) is 4.79 Å². The first-order chi connectivity index (χ1) is 12.2. The average Bonchev–Trinajstić information content (AvgIpc) is 2.42. The van der Waals surface area contributed by atoms with Crippen molar-refractivity contribution in [2.45, 2.75) is 76.9 Å². The standard InChI is InChI=1S/C15H25F3N2.C2HF3O2/c1-4-12(20-6-10(2)19-5-11(20)3)13-7-14(8-13,9-13)15(16,17)18;3-2(4,5)1(6)7/h10-12,19H,4-9H2,1-3H3;(H,6,7)/t10-,11+,12?,13?,14?;/m0./s1. The van der Waals surface area contributed by atoms with Crippen LogP contribution in [0.3, 0.4) is 0 Å². The molecular formula is C17H26F6N2O2. The van der Waals surface area contributed by atoms with Crippen molar-refractivity contribution in [1.82, 2.24) is 10.2 Å². The van der Waals surface area contributed by atoms with Crippen LogP contribution >= 0.6 is 0 Å². The van der Waals surface area contributed by atoms with Gasteiger partial charge in [-0.15, -0.1) is 0 Å². The summed E-state index contributed by atoms with van der Waals surface area (Å²) in [5.41, 5.74) is -1.36. The second-order valence-corrected chi connectivity index (χ2v) is 8.25. The first-order valence-corrected chi connectivity index (χ1v) is 9.03. The minimum Gasteiger partial charge on any atom is -0.475 e. The molecule has 0 amide bonds. The molecule has 2 bridgehead atoms. The van der Waals surface area contributed by atoms with Crippen molar-refractivity contribution in [3.05, 3.63) is 0 Å². The Hall–Kier alpha value is -1.03. The van der Waals surface area contributed by atoms with Crippen molar-refractivity contribution in [2.24, 2.45) is 10.8 Å². The molecule has 1 aliphatic heterocycles. The number of rotatable bonds is 3. The number of aliphatic carboxylic acids is 1. The zero-order valence-electron chi connectivity index (χ0n) is 15.5. The highest BCUT2D eigenvalue weighted by atomic mass is 19.4. The van der Waals surface area contributed by atoms with Crippen molar-refractivity contribution in [3.63, 3.8) is 0 Å². The fourth-order valence-corrected chi connectivity index (χ4v) is 5.02. The lowest BCUT2D eigenvalue weighted by molar-refractivity contribution is -0.376. The van der Waals surface area contributed by atoms with Gasteiger partial charge in [-0.05, 0) is 44.9 Å². The summed E-state index contributed by atoms with van der Waals surface area (Å²) >= 11 is 0. The third-order valence-corrected chi connectivity index (χ3v) is 6.22. The minimum atomic E-state index is -5.08. The van der Waals surface area contributed by atoms with E-state index in [1.807, 2.05) is 0 Å². The Balaban J connectivity index is 0.000000321. The van der Waals surface area contributed by atoms with E-state index in [4.69, 9.17) is 9.90 Å². The molecule has 27 heavy (non-hydrogen) atoms. The third-order valence-electron chi connectivity index (χ3n) is 6.22. The van der Waals surface area contributed by atoms with Crippen LogP contribution in [0.25, 0.3) is 0 Å². The normalized spacial score (nSPS) is 37.4. The van der Waals surface area contributed by atoms with Gasteiger partial charge in [-0.2, -0.15) is 26.3 Å². The van der Waals surface area contributed by atoms with E-state index in [9.17, 15) is 26.3 Å². The van der Waals surface area contributed by atoms with E-state index in [1.54, 1.807) is 0 Å². The molecule has 4 aliphatic rings. The van der Waals surface area contributed by atoms with Crippen molar-refractivity contribution in [1.29, 1.82) is 0 Å². The number of carboxylic acid groups (broad SMARTS) is 1. The summed E-state index contributed by atoms with van der Waals surface area (Å²) in [5, 5.41) is 10.6. The highest BCUT2D eigenvalue weighted by Gasteiger charge is 2.80. The maximum atomic E-state index is 13.0. The van der Waals surface area contributed by atoms with Gasteiger partial charge in [0, 0.05) is 31.2 Å². The van der Waals surface area contributed by atoms with E-state index in [0.29, 0.717) is 37.4 Å². The number of piperazine rings is 1. The molecule has 0 aromatic carbocycles. The van der Waals surface area contributed by atoms with Gasteiger partial charge in [-0.3, -0.25) is 4.90 Å². The van der Waals surface area contributed by atoms with E-state index >= 15 is 0 Å². The number of carbonyl (C=O) groups is 1. The van der Waals surface area contributed by atoms with Gasteiger partial charge in [0.25, 0.3) is 0 Å². The number of carboxylic acids is 1. The van der Waals surface area contributed by atoms with Gasteiger partial charge in [0.1, 0.15) is 0 Å². The summed E-state index contributed by atoms with van der Waals surface area (Å²) in [6.07, 6.45) is -7.01. The lowest BCUT2D eigenvalue weighted by Crippen LogP contribution is -2.75. The van der Waals surface area contributed by atoms with E-state index in [2.05, 4.69) is 31.0 Å². The fraction of sp³-hybridized carbons (Fsp3) is 0.941. The average molecular weight is 404 g/mol. The second-order valence-electron chi connectivity index (χ2n) is 8.25. The molecule has 0 aromatic heterocycles. The van der Waals surface area contributed by atoms with E-state index < -0.39 is 23.7 Å². The molecule has 0 radical (unpaired) electrons. The van der Waals surface area contributed by atoms with Crippen LogP contribution in [0.15, 0.2) is 0 Å². The molecular weight excluding hydrogens is 378 g/mol. The minimum absolute atomic E-state index is 0.0460. The predicted octanol–water partition coefficient (Wildman–Crippen LogP) is 3.81. The largest absolute Gasteiger partial charge is 0.490 e. The first kappa shape index (κ1) is 22.3. The van der Waals surface area contributed by atoms with Crippen LogP contribution in [0, 0.1) is 10.8 Å². The molecule has 0 spiro atoms. The molecule has 1 saturated heterocycles. The van der Waals surface area contributed by atoms with Crippen LogP contribution in [-0.4, -0.2) is 59.5 Å². The Morgan fingerprint density at radius 3 is 2.04 bits per heavy atom. The summed E-state index contributed by atoms with van der Waals surface area (Å²) in [5.74, 6) is -2.76. The Bertz CT molecular complexity index is 543. The van der Waals surface area contributed by atoms with Crippen LogP contribution in [0.1, 0.15) is 46.5 Å². The first-order valence-electron chi connectivity index (χ1n) is 9.03. The molecule has 158 valence electrons. The maximum Gasteiger partial charge on any atom is 0.490 e. The van der Waals surface area contributed by atoms with Gasteiger partial charge in [0.05, 0.1) is 5.41 Å². The molecule has 3 atom stereocenters. The fourth-order valence-electron chi connectivity index (χ4n) is 5.02. The SMILES string of the molecule is CCC(N1C[C@H](C)NC[C@H]1C)C12CC(C(F)(F)F)(C1)C2.O=C(O)C(F)(F)F. The van der Waals surface area contributed by atoms with E-state index in [1.165, 1.54) is 0 Å². The van der Waals surface area contributed by atoms with Crippen molar-refractivity contribution < 1.29 is 36.2 Å². The van der Waals surface area contributed by atoms with Gasteiger partial charge in [-0.25, -0.2) is 4.79 Å². The zero-order valence-corrected chi connectivity index (χ0v) is 15.5. The number of nitrogens with zero attached hydrogens (tertiary/aromatic N) is 1. The van der Waals surface area contributed by atoms with Crippen molar-refractivity contribution in [3.8, 4) is 0 Å². The Kier molecular flexibility index (Phi) is 5.85. The number of hydrogen-bond donors (Lipinski definition) is 2. The predicted molar refractivity (Wildman–Crippen MR) is 86.2 cm³/mol. The molecule has 2 N–H and O–H groups in total. The van der Waals surface area contributed by atoms with Gasteiger partial charge in [0.2, 0.25) is 0 Å². The van der Waals surface area contributed by atoms with Crippen molar-refractivity contribution >= 4 is 5.97 Å². The van der Waals surface area contributed by atoms with Gasteiger partial charge in [-0.1, -0.05) is 6.92 Å². The lowest BCUT2D eigenvalue weighted by Gasteiger charge is -2.74. The van der Waals surface area contributed by atoms with Crippen LogP contribution in [0.2, 0.25) is 0 Å². The van der Waals surface area contributed by atoms with Crippen LogP contribution in [0.5, 0.6) is 0 Å². The topological polar surface area (TPSA) is 52.6 Å². The Labute approximate surface area is 154 Å². The number of hydrogen-bond acceptors (Lipinski definition) is 3. The highest BCUT2D eigenvalue weighted by Crippen LogP contribution is 2.80.